The van der Waals surface area contributed by atoms with Gasteiger partial charge in [0.25, 0.3) is 11.4 Å². The number of anilines is 2. The Bertz CT molecular complexity index is 1130. The zero-order chi connectivity index (χ0) is 29.2. The predicted octanol–water partition coefficient (Wildman–Crippen LogP) is 4.96. The number of hydrazine groups is 2. The van der Waals surface area contributed by atoms with E-state index in [1.165, 1.54) is 24.3 Å². The molecule has 0 unspecified atom stereocenters. The molecule has 2 saturated carbocycles. The highest BCUT2D eigenvalue weighted by atomic mass is 16.6. The molecule has 0 bridgehead atoms. The van der Waals surface area contributed by atoms with Gasteiger partial charge in [-0.25, -0.2) is 9.59 Å². The molecule has 0 aliphatic heterocycles. The molecule has 41 heavy (non-hydrogen) atoms. The van der Waals surface area contributed by atoms with Gasteiger partial charge in [0.05, 0.1) is 9.85 Å². The molecule has 0 atom stereocenters. The van der Waals surface area contributed by atoms with Crippen LogP contribution in [0.2, 0.25) is 0 Å². The lowest BCUT2D eigenvalue weighted by Crippen LogP contribution is -2.46. The number of hydrogen-bond donors (Lipinski definition) is 6. The highest BCUT2D eigenvalue weighted by Gasteiger charge is 2.28. The van der Waals surface area contributed by atoms with Crippen LogP contribution in [0.25, 0.3) is 0 Å². The third-order valence-corrected chi connectivity index (χ3v) is 7.85. The van der Waals surface area contributed by atoms with Crippen LogP contribution in [0.4, 0.5) is 32.3 Å². The average molecular weight is 569 g/mol. The standard InChI is InChI=1S/C27H36N8O6/c36-26(32-30-22-5-1-3-7-24(22)34(38)39)28-20-13-9-18(10-14-20)17-19-11-15-21(16-12-19)29-27(37)33-31-23-6-2-4-8-25(23)35(40)41/h1-8,18-21,30-31H,9-17H2,(H2,28,32,36)(H2,29,33,37). The lowest BCUT2D eigenvalue weighted by molar-refractivity contribution is -0.384. The van der Waals surface area contributed by atoms with Crippen LogP contribution in [0.3, 0.4) is 0 Å². The number of amides is 4. The molecule has 2 fully saturated rings. The minimum absolute atomic E-state index is 0.0585. The molecule has 4 rings (SSSR count). The Morgan fingerprint density at radius 1 is 0.634 bits per heavy atom. The number of nitro benzene ring substituents is 2. The van der Waals surface area contributed by atoms with Crippen molar-refractivity contribution in [3.8, 4) is 0 Å². The van der Waals surface area contributed by atoms with Gasteiger partial charge in [-0.3, -0.25) is 41.9 Å². The fourth-order valence-electron chi connectivity index (χ4n) is 5.72. The zero-order valence-electron chi connectivity index (χ0n) is 22.6. The number of nitro groups is 2. The second kappa shape index (κ2) is 14.1. The van der Waals surface area contributed by atoms with Gasteiger partial charge in [-0.15, -0.1) is 0 Å². The van der Waals surface area contributed by atoms with Gasteiger partial charge in [-0.2, -0.15) is 0 Å². The van der Waals surface area contributed by atoms with Gasteiger partial charge in [0.2, 0.25) is 0 Å². The van der Waals surface area contributed by atoms with Gasteiger partial charge in [0.1, 0.15) is 11.4 Å². The number of hydrogen-bond acceptors (Lipinski definition) is 8. The molecule has 220 valence electrons. The number of para-hydroxylation sites is 4. The van der Waals surface area contributed by atoms with Crippen molar-refractivity contribution in [2.45, 2.75) is 69.9 Å². The molecule has 0 radical (unpaired) electrons. The van der Waals surface area contributed by atoms with Crippen LogP contribution in [0.15, 0.2) is 48.5 Å². The normalized spacial score (nSPS) is 22.0. The van der Waals surface area contributed by atoms with Crippen LogP contribution in [0.1, 0.15) is 57.8 Å². The van der Waals surface area contributed by atoms with Crippen LogP contribution < -0.4 is 32.3 Å². The van der Waals surface area contributed by atoms with Gasteiger partial charge in [-0.05, 0) is 81.8 Å². The largest absolute Gasteiger partial charge is 0.334 e. The molecular weight excluding hydrogens is 532 g/mol. The first-order valence-corrected chi connectivity index (χ1v) is 13.9. The van der Waals surface area contributed by atoms with Crippen LogP contribution in [-0.2, 0) is 0 Å². The first-order valence-electron chi connectivity index (χ1n) is 13.9. The molecule has 0 saturated heterocycles. The zero-order valence-corrected chi connectivity index (χ0v) is 22.6. The highest BCUT2D eigenvalue weighted by molar-refractivity contribution is 5.77. The Morgan fingerprint density at radius 2 is 1.00 bits per heavy atom. The number of carbonyl (C=O) groups is 2. The summed E-state index contributed by atoms with van der Waals surface area (Å²) in [6.07, 6.45) is 8.78. The monoisotopic (exact) mass is 568 g/mol. The van der Waals surface area contributed by atoms with Crippen molar-refractivity contribution in [2.75, 3.05) is 10.9 Å². The molecule has 2 aromatic rings. The summed E-state index contributed by atoms with van der Waals surface area (Å²) in [5.41, 5.74) is 10.4. The van der Waals surface area contributed by atoms with Crippen molar-refractivity contribution in [1.82, 2.24) is 21.5 Å². The van der Waals surface area contributed by atoms with Crippen LogP contribution in [-0.4, -0.2) is 34.0 Å². The fraction of sp³-hybridized carbons (Fsp3) is 0.481. The van der Waals surface area contributed by atoms with E-state index in [1.807, 2.05) is 0 Å². The lowest BCUT2D eigenvalue weighted by atomic mass is 9.76. The molecule has 0 spiro atoms. The minimum Gasteiger partial charge on any atom is -0.334 e. The molecule has 14 heteroatoms. The average Bonchev–Trinajstić information content (AvgIpc) is 2.97. The topological polar surface area (TPSA) is 193 Å². The van der Waals surface area contributed by atoms with Crippen molar-refractivity contribution < 1.29 is 19.4 Å². The second-order valence-electron chi connectivity index (χ2n) is 10.7. The number of urea groups is 2. The summed E-state index contributed by atoms with van der Waals surface area (Å²) < 4.78 is 0. The summed E-state index contributed by atoms with van der Waals surface area (Å²) in [5, 5.41) is 28.1. The number of nitrogens with one attached hydrogen (secondary N) is 6. The first-order chi connectivity index (χ1) is 19.8. The van der Waals surface area contributed by atoms with Gasteiger partial charge >= 0.3 is 12.1 Å². The summed E-state index contributed by atoms with van der Waals surface area (Å²) in [4.78, 5) is 45.8. The van der Waals surface area contributed by atoms with Crippen LogP contribution in [0, 0.1) is 32.1 Å². The van der Waals surface area contributed by atoms with Gasteiger partial charge in [0.15, 0.2) is 0 Å². The number of rotatable bonds is 10. The van der Waals surface area contributed by atoms with Gasteiger partial charge < -0.3 is 10.6 Å². The Balaban J connectivity index is 1.09. The molecule has 2 aromatic carbocycles. The third-order valence-electron chi connectivity index (χ3n) is 7.85. The molecule has 0 heterocycles. The molecule has 14 nitrogen and oxygen atoms in total. The van der Waals surface area contributed by atoms with E-state index in [1.54, 1.807) is 24.3 Å². The summed E-state index contributed by atoms with van der Waals surface area (Å²) in [6, 6.07) is 11.5. The molecule has 2 aliphatic carbocycles. The van der Waals surface area contributed by atoms with Crippen molar-refractivity contribution in [2.24, 2.45) is 11.8 Å². The van der Waals surface area contributed by atoms with E-state index in [4.69, 9.17) is 0 Å². The maximum absolute atomic E-state index is 12.3. The van der Waals surface area contributed by atoms with Gasteiger partial charge in [-0.1, -0.05) is 24.3 Å². The molecular formula is C27H36N8O6. The third kappa shape index (κ3) is 8.68. The highest BCUT2D eigenvalue weighted by Crippen LogP contribution is 2.35. The van der Waals surface area contributed by atoms with Crippen LogP contribution >= 0.6 is 0 Å². The number of nitrogens with zero attached hydrogens (tertiary/aromatic N) is 2. The van der Waals surface area contributed by atoms with Gasteiger partial charge in [0, 0.05) is 24.2 Å². The Hall–Kier alpha value is -4.62. The van der Waals surface area contributed by atoms with Crippen molar-refractivity contribution in [3.63, 3.8) is 0 Å². The van der Waals surface area contributed by atoms with E-state index in [9.17, 15) is 29.8 Å². The maximum atomic E-state index is 12.3. The van der Waals surface area contributed by atoms with E-state index in [-0.39, 0.29) is 34.8 Å². The predicted molar refractivity (Wildman–Crippen MR) is 153 cm³/mol. The molecule has 6 N–H and O–H groups in total. The van der Waals surface area contributed by atoms with Crippen molar-refractivity contribution >= 4 is 34.8 Å². The quantitative estimate of drug-likeness (QED) is 0.171. The fourth-order valence-corrected chi connectivity index (χ4v) is 5.72. The van der Waals surface area contributed by atoms with E-state index >= 15 is 0 Å². The van der Waals surface area contributed by atoms with E-state index < -0.39 is 21.9 Å². The Kier molecular flexibility index (Phi) is 10.1. The summed E-state index contributed by atoms with van der Waals surface area (Å²) in [6.45, 7) is 0. The van der Waals surface area contributed by atoms with E-state index in [0.29, 0.717) is 11.8 Å². The summed E-state index contributed by atoms with van der Waals surface area (Å²) in [7, 11) is 0. The molecule has 4 amide bonds. The summed E-state index contributed by atoms with van der Waals surface area (Å²) >= 11 is 0. The first kappa shape index (κ1) is 29.4. The van der Waals surface area contributed by atoms with Crippen LogP contribution in [0.5, 0.6) is 0 Å². The second-order valence-corrected chi connectivity index (χ2v) is 10.7. The lowest BCUT2D eigenvalue weighted by Gasteiger charge is -2.34. The molecule has 0 aromatic heterocycles. The molecule has 2 aliphatic rings. The SMILES string of the molecule is O=C(NNc1ccccc1[N+](=O)[O-])NC1CCC(CC2CCC(NC(=O)NNc3ccccc3[N+](=O)[O-])CC2)CC1. The van der Waals surface area contributed by atoms with E-state index in [2.05, 4.69) is 32.3 Å². The van der Waals surface area contributed by atoms with E-state index in [0.717, 1.165) is 57.8 Å². The Morgan fingerprint density at radius 3 is 1.37 bits per heavy atom. The summed E-state index contributed by atoms with van der Waals surface area (Å²) in [5.74, 6) is 1.20. The van der Waals surface area contributed by atoms with Crippen molar-refractivity contribution in [1.29, 1.82) is 0 Å². The Labute approximate surface area is 237 Å². The maximum Gasteiger partial charge on any atom is 0.333 e. The van der Waals surface area contributed by atoms with Crippen molar-refractivity contribution in [3.05, 3.63) is 68.8 Å². The smallest absolute Gasteiger partial charge is 0.333 e. The number of benzene rings is 2. The minimum atomic E-state index is -0.509. The number of carbonyl (C=O) groups excluding carboxylic acids is 2.